The van der Waals surface area contributed by atoms with E-state index in [2.05, 4.69) is 10.4 Å². The second-order valence-electron chi connectivity index (χ2n) is 7.20. The first-order valence-corrected chi connectivity index (χ1v) is 9.24. The molecule has 1 atom stereocenters. The highest BCUT2D eigenvalue weighted by molar-refractivity contribution is 5.50. The highest BCUT2D eigenvalue weighted by atomic mass is 19.3. The van der Waals surface area contributed by atoms with Gasteiger partial charge in [-0.15, -0.1) is 0 Å². The van der Waals surface area contributed by atoms with Gasteiger partial charge in [-0.3, -0.25) is 9.58 Å². The van der Waals surface area contributed by atoms with E-state index < -0.39 is 18.1 Å². The molecule has 0 radical (unpaired) electrons. The van der Waals surface area contributed by atoms with Gasteiger partial charge in [-0.2, -0.15) is 19.1 Å². The highest BCUT2D eigenvalue weighted by Gasteiger charge is 2.42. The normalized spacial score (nSPS) is 19.8. The Morgan fingerprint density at radius 3 is 2.89 bits per heavy atom. The van der Waals surface area contributed by atoms with Crippen molar-refractivity contribution in [3.8, 4) is 6.07 Å². The molecule has 9 heteroatoms. The van der Waals surface area contributed by atoms with E-state index in [1.54, 1.807) is 11.0 Å². The van der Waals surface area contributed by atoms with Gasteiger partial charge in [-0.05, 0) is 31.0 Å². The molecule has 3 heterocycles. The molecule has 0 aliphatic carbocycles. The second kappa shape index (κ2) is 7.11. The van der Waals surface area contributed by atoms with E-state index in [-0.39, 0.29) is 24.2 Å². The van der Waals surface area contributed by atoms with Gasteiger partial charge in [-0.25, -0.2) is 4.39 Å². The summed E-state index contributed by atoms with van der Waals surface area (Å²) in [7, 11) is 0. The number of aliphatic hydroxyl groups is 1. The number of hydrogen-bond donors (Lipinski definition) is 2. The van der Waals surface area contributed by atoms with E-state index >= 15 is 0 Å². The van der Waals surface area contributed by atoms with Crippen molar-refractivity contribution in [1.29, 1.82) is 5.26 Å². The summed E-state index contributed by atoms with van der Waals surface area (Å²) in [6.45, 7) is 1.06. The summed E-state index contributed by atoms with van der Waals surface area (Å²) < 4.78 is 44.2. The minimum absolute atomic E-state index is 0.0366. The van der Waals surface area contributed by atoms with Crippen molar-refractivity contribution in [2.45, 2.75) is 51.0 Å². The molecule has 0 spiro atoms. The molecule has 2 aliphatic rings. The molecular formula is C19H20F3N5O. The van der Waals surface area contributed by atoms with Crippen LogP contribution in [0.2, 0.25) is 0 Å². The van der Waals surface area contributed by atoms with Gasteiger partial charge in [0.05, 0.1) is 11.3 Å². The van der Waals surface area contributed by atoms with Crippen LogP contribution in [0.4, 0.5) is 18.9 Å². The SMILES string of the molecule is N#Cc1cc(NC(O)N2CCc3nn4c(c3C2)C(F)(F)CCCC4)ccc1F. The summed E-state index contributed by atoms with van der Waals surface area (Å²) in [5.74, 6) is -3.58. The summed E-state index contributed by atoms with van der Waals surface area (Å²) in [6, 6.07) is 5.59. The summed E-state index contributed by atoms with van der Waals surface area (Å²) in [4.78, 5) is 1.63. The fraction of sp³-hybridized carbons (Fsp3) is 0.474. The van der Waals surface area contributed by atoms with Crippen molar-refractivity contribution < 1.29 is 18.3 Å². The molecule has 2 N–H and O–H groups in total. The minimum atomic E-state index is -2.93. The monoisotopic (exact) mass is 391 g/mol. The summed E-state index contributed by atoms with van der Waals surface area (Å²) in [6.07, 6.45) is 0.212. The number of rotatable bonds is 3. The van der Waals surface area contributed by atoms with E-state index in [9.17, 15) is 18.3 Å². The van der Waals surface area contributed by atoms with Gasteiger partial charge >= 0.3 is 0 Å². The quantitative estimate of drug-likeness (QED) is 0.787. The van der Waals surface area contributed by atoms with Gasteiger partial charge in [0.15, 0.2) is 6.35 Å². The number of nitrogens with zero attached hydrogens (tertiary/aromatic N) is 4. The average Bonchev–Trinajstić information content (AvgIpc) is 2.97. The third kappa shape index (κ3) is 3.34. The van der Waals surface area contributed by atoms with Crippen LogP contribution in [0.25, 0.3) is 0 Å². The van der Waals surface area contributed by atoms with E-state index in [0.717, 1.165) is 6.07 Å². The zero-order chi connectivity index (χ0) is 19.9. The lowest BCUT2D eigenvalue weighted by Gasteiger charge is -2.32. The van der Waals surface area contributed by atoms with Crippen LogP contribution < -0.4 is 5.32 Å². The third-order valence-electron chi connectivity index (χ3n) is 5.32. The van der Waals surface area contributed by atoms with Gasteiger partial charge in [0, 0.05) is 43.7 Å². The van der Waals surface area contributed by atoms with Crippen LogP contribution in [0.1, 0.15) is 41.8 Å². The van der Waals surface area contributed by atoms with E-state index in [4.69, 9.17) is 5.26 Å². The van der Waals surface area contributed by atoms with Gasteiger partial charge in [0.25, 0.3) is 5.92 Å². The smallest absolute Gasteiger partial charge is 0.289 e. The summed E-state index contributed by atoms with van der Waals surface area (Å²) in [5, 5.41) is 26.6. The minimum Gasteiger partial charge on any atom is -0.361 e. The molecule has 148 valence electrons. The number of alkyl halides is 2. The van der Waals surface area contributed by atoms with Crippen LogP contribution in [0.15, 0.2) is 18.2 Å². The van der Waals surface area contributed by atoms with Crippen molar-refractivity contribution in [3.05, 3.63) is 46.5 Å². The van der Waals surface area contributed by atoms with E-state index in [0.29, 0.717) is 49.3 Å². The molecule has 28 heavy (non-hydrogen) atoms. The number of nitrogens with one attached hydrogen (secondary N) is 1. The first-order chi connectivity index (χ1) is 13.4. The summed E-state index contributed by atoms with van der Waals surface area (Å²) in [5.41, 5.74) is 1.34. The number of nitriles is 1. The molecule has 1 aromatic heterocycles. The second-order valence-corrected chi connectivity index (χ2v) is 7.20. The van der Waals surface area contributed by atoms with E-state index in [1.807, 2.05) is 0 Å². The molecular weight excluding hydrogens is 371 g/mol. The number of fused-ring (bicyclic) bond motifs is 3. The average molecular weight is 391 g/mol. The molecule has 2 aromatic rings. The van der Waals surface area contributed by atoms with Gasteiger partial charge < -0.3 is 10.4 Å². The Kier molecular flexibility index (Phi) is 4.77. The molecule has 4 rings (SSSR count). The number of hydrogen-bond acceptors (Lipinski definition) is 5. The van der Waals surface area contributed by atoms with Crippen molar-refractivity contribution in [2.75, 3.05) is 11.9 Å². The molecule has 6 nitrogen and oxygen atoms in total. The van der Waals surface area contributed by atoms with Crippen LogP contribution in [0.3, 0.4) is 0 Å². The van der Waals surface area contributed by atoms with Gasteiger partial charge in [-0.1, -0.05) is 0 Å². The van der Waals surface area contributed by atoms with Gasteiger partial charge in [0.2, 0.25) is 0 Å². The van der Waals surface area contributed by atoms with Gasteiger partial charge in [0.1, 0.15) is 17.6 Å². The number of aliphatic hydroxyl groups excluding tert-OH is 1. The van der Waals surface area contributed by atoms with Crippen molar-refractivity contribution in [1.82, 2.24) is 14.7 Å². The fourth-order valence-electron chi connectivity index (χ4n) is 3.90. The number of aromatic nitrogens is 2. The maximum absolute atomic E-state index is 14.7. The molecule has 0 amide bonds. The maximum Gasteiger partial charge on any atom is 0.289 e. The Labute approximate surface area is 160 Å². The first kappa shape index (κ1) is 18.8. The largest absolute Gasteiger partial charge is 0.361 e. The van der Waals surface area contributed by atoms with Crippen LogP contribution in [0, 0.1) is 17.1 Å². The van der Waals surface area contributed by atoms with Crippen LogP contribution >= 0.6 is 0 Å². The first-order valence-electron chi connectivity index (χ1n) is 9.24. The lowest BCUT2D eigenvalue weighted by Crippen LogP contribution is -2.44. The Bertz CT molecular complexity index is 936. The predicted molar refractivity (Wildman–Crippen MR) is 94.8 cm³/mol. The Hall–Kier alpha value is -2.57. The Morgan fingerprint density at radius 2 is 2.11 bits per heavy atom. The lowest BCUT2D eigenvalue weighted by atomic mass is 10.00. The van der Waals surface area contributed by atoms with Crippen molar-refractivity contribution in [3.63, 3.8) is 0 Å². The van der Waals surface area contributed by atoms with Crippen molar-refractivity contribution in [2.24, 2.45) is 0 Å². The lowest BCUT2D eigenvalue weighted by molar-refractivity contribution is -0.0233. The fourth-order valence-corrected chi connectivity index (χ4v) is 3.90. The third-order valence-corrected chi connectivity index (χ3v) is 5.32. The molecule has 0 saturated heterocycles. The van der Waals surface area contributed by atoms with Crippen LogP contribution in [0.5, 0.6) is 0 Å². The molecule has 0 saturated carbocycles. The van der Waals surface area contributed by atoms with Crippen LogP contribution in [-0.4, -0.2) is 32.7 Å². The zero-order valence-electron chi connectivity index (χ0n) is 15.1. The number of aryl methyl sites for hydroxylation is 1. The number of halogens is 3. The van der Waals surface area contributed by atoms with Crippen LogP contribution in [-0.2, 0) is 25.4 Å². The molecule has 0 bridgehead atoms. The number of benzene rings is 1. The Morgan fingerprint density at radius 1 is 1.29 bits per heavy atom. The van der Waals surface area contributed by atoms with E-state index in [1.165, 1.54) is 16.8 Å². The topological polar surface area (TPSA) is 77.1 Å². The predicted octanol–water partition coefficient (Wildman–Crippen LogP) is 2.92. The molecule has 2 aliphatic heterocycles. The molecule has 1 unspecified atom stereocenters. The number of anilines is 1. The molecule has 0 fully saturated rings. The maximum atomic E-state index is 14.7. The molecule has 1 aromatic carbocycles. The standard InChI is InChI=1S/C19H20F3N5O/c20-15-4-3-13(9-12(15)10-23)24-18(28)26-8-5-16-14(11-26)17-19(21,22)6-1-2-7-27(17)25-16/h3-4,9,18,24,28H,1-2,5-8,11H2. The summed E-state index contributed by atoms with van der Waals surface area (Å²) >= 11 is 0. The zero-order valence-corrected chi connectivity index (χ0v) is 15.1. The highest BCUT2D eigenvalue weighted by Crippen LogP contribution is 2.40. The Balaban J connectivity index is 1.56. The van der Waals surface area contributed by atoms with Crippen molar-refractivity contribution >= 4 is 5.69 Å².